The minimum atomic E-state index is -1.15. The molecule has 3 rings (SSSR count). The summed E-state index contributed by atoms with van der Waals surface area (Å²) < 4.78 is 5.29. The second-order valence-corrected chi connectivity index (χ2v) is 6.24. The van der Waals surface area contributed by atoms with Crippen LogP contribution in [-0.4, -0.2) is 40.0 Å². The van der Waals surface area contributed by atoms with E-state index in [1.54, 1.807) is 18.1 Å². The van der Waals surface area contributed by atoms with Gasteiger partial charge in [-0.3, -0.25) is 4.79 Å². The first-order valence-electron chi connectivity index (χ1n) is 8.11. The summed E-state index contributed by atoms with van der Waals surface area (Å²) in [5.41, 5.74) is 2.46. The van der Waals surface area contributed by atoms with Crippen molar-refractivity contribution >= 4 is 11.9 Å². The normalized spacial score (nSPS) is 19.2. The number of carbonyl (C=O) groups is 2. The molecule has 2 atom stereocenters. The second-order valence-electron chi connectivity index (χ2n) is 6.24. The van der Waals surface area contributed by atoms with Crippen LogP contribution < -0.4 is 4.74 Å². The molecule has 0 saturated carbocycles. The zero-order valence-corrected chi connectivity index (χ0v) is 14.4. The summed E-state index contributed by atoms with van der Waals surface area (Å²) in [5, 5.41) is 9.09. The molecule has 2 heterocycles. The Bertz CT molecular complexity index is 834. The third-order valence-corrected chi connectivity index (χ3v) is 4.67. The number of hydrogen-bond donors (Lipinski definition) is 1. The highest BCUT2D eigenvalue weighted by atomic mass is 16.5. The second kappa shape index (κ2) is 6.55. The van der Waals surface area contributed by atoms with Gasteiger partial charge in [0, 0.05) is 17.8 Å². The standard InChI is InChI=1S/C19H20N2O4/c1-11-8-14-9-15(25-3)4-5-16(14)12(2)21(11)18(22)13-6-7-20-17(10-13)19(23)24/h4-7,9-12H,8H2,1-3H3,(H,23,24)/t11-,12-/m0/s1. The fraction of sp³-hybridized carbons (Fsp3) is 0.316. The first-order chi connectivity index (χ1) is 11.9. The minimum absolute atomic E-state index is 0.0106. The van der Waals surface area contributed by atoms with E-state index in [2.05, 4.69) is 4.98 Å². The van der Waals surface area contributed by atoms with Crippen molar-refractivity contribution in [3.8, 4) is 5.75 Å². The van der Waals surface area contributed by atoms with Crippen molar-refractivity contribution in [3.63, 3.8) is 0 Å². The minimum Gasteiger partial charge on any atom is -0.497 e. The molecular formula is C19H20N2O4. The Kier molecular flexibility index (Phi) is 4.44. The molecule has 6 heteroatoms. The Balaban J connectivity index is 1.95. The lowest BCUT2D eigenvalue weighted by Gasteiger charge is -2.40. The largest absolute Gasteiger partial charge is 0.497 e. The number of aromatic carboxylic acids is 1. The smallest absolute Gasteiger partial charge is 0.354 e. The number of ether oxygens (including phenoxy) is 1. The van der Waals surface area contributed by atoms with E-state index in [1.165, 1.54) is 17.8 Å². The third kappa shape index (κ3) is 3.07. The average molecular weight is 340 g/mol. The van der Waals surface area contributed by atoms with Gasteiger partial charge in [-0.1, -0.05) is 6.07 Å². The number of benzene rings is 1. The van der Waals surface area contributed by atoms with Crippen LogP contribution in [0.25, 0.3) is 0 Å². The van der Waals surface area contributed by atoms with Gasteiger partial charge in [0.15, 0.2) is 0 Å². The van der Waals surface area contributed by atoms with E-state index in [0.717, 1.165) is 17.7 Å². The van der Waals surface area contributed by atoms with Crippen molar-refractivity contribution in [1.29, 1.82) is 0 Å². The molecule has 0 unspecified atom stereocenters. The summed E-state index contributed by atoms with van der Waals surface area (Å²) in [6, 6.07) is 8.65. The quantitative estimate of drug-likeness (QED) is 0.929. The Morgan fingerprint density at radius 1 is 1.24 bits per heavy atom. The van der Waals surface area contributed by atoms with Gasteiger partial charge in [0.05, 0.1) is 13.2 Å². The number of carbonyl (C=O) groups excluding carboxylic acids is 1. The first kappa shape index (κ1) is 17.0. The number of pyridine rings is 1. The fourth-order valence-electron chi connectivity index (χ4n) is 3.45. The molecule has 0 spiro atoms. The molecule has 1 amide bonds. The molecule has 0 fully saturated rings. The summed E-state index contributed by atoms with van der Waals surface area (Å²) in [4.78, 5) is 29.7. The maximum Gasteiger partial charge on any atom is 0.354 e. The number of rotatable bonds is 3. The van der Waals surface area contributed by atoms with E-state index in [0.29, 0.717) is 5.56 Å². The van der Waals surface area contributed by atoms with Crippen LogP contribution in [0.4, 0.5) is 0 Å². The molecule has 0 aliphatic carbocycles. The van der Waals surface area contributed by atoms with E-state index in [1.807, 2.05) is 32.0 Å². The van der Waals surface area contributed by atoms with Crippen LogP contribution in [0, 0.1) is 0 Å². The van der Waals surface area contributed by atoms with Crippen LogP contribution in [0.1, 0.15) is 51.9 Å². The molecular weight excluding hydrogens is 320 g/mol. The van der Waals surface area contributed by atoms with Crippen molar-refractivity contribution in [3.05, 3.63) is 58.9 Å². The third-order valence-electron chi connectivity index (χ3n) is 4.67. The van der Waals surface area contributed by atoms with Gasteiger partial charge in [-0.2, -0.15) is 0 Å². The van der Waals surface area contributed by atoms with Crippen LogP contribution in [0.5, 0.6) is 5.75 Å². The summed E-state index contributed by atoms with van der Waals surface area (Å²) in [6.45, 7) is 3.98. The zero-order valence-electron chi connectivity index (χ0n) is 14.4. The lowest BCUT2D eigenvalue weighted by atomic mass is 9.88. The number of carboxylic acids is 1. The molecule has 1 N–H and O–H groups in total. The van der Waals surface area contributed by atoms with Gasteiger partial charge in [0.2, 0.25) is 0 Å². The summed E-state index contributed by atoms with van der Waals surface area (Å²) in [5.74, 6) is -0.531. The highest BCUT2D eigenvalue weighted by molar-refractivity contribution is 5.97. The van der Waals surface area contributed by atoms with Gasteiger partial charge >= 0.3 is 5.97 Å². The monoisotopic (exact) mass is 340 g/mol. The lowest BCUT2D eigenvalue weighted by Crippen LogP contribution is -2.45. The van der Waals surface area contributed by atoms with Crippen molar-refractivity contribution in [2.24, 2.45) is 0 Å². The number of methoxy groups -OCH3 is 1. The Morgan fingerprint density at radius 2 is 2.00 bits per heavy atom. The zero-order chi connectivity index (χ0) is 18.1. The van der Waals surface area contributed by atoms with Crippen LogP contribution in [0.3, 0.4) is 0 Å². The van der Waals surface area contributed by atoms with Crippen molar-refractivity contribution in [1.82, 2.24) is 9.88 Å². The molecule has 1 aliphatic rings. The highest BCUT2D eigenvalue weighted by Crippen LogP contribution is 2.35. The fourth-order valence-corrected chi connectivity index (χ4v) is 3.45. The lowest BCUT2D eigenvalue weighted by molar-refractivity contribution is 0.0580. The van der Waals surface area contributed by atoms with Crippen LogP contribution in [0.15, 0.2) is 36.5 Å². The van der Waals surface area contributed by atoms with Gasteiger partial charge in [-0.05, 0) is 55.7 Å². The van der Waals surface area contributed by atoms with E-state index in [4.69, 9.17) is 9.84 Å². The van der Waals surface area contributed by atoms with Crippen LogP contribution in [-0.2, 0) is 6.42 Å². The Morgan fingerprint density at radius 3 is 2.68 bits per heavy atom. The van der Waals surface area contributed by atoms with Crippen LogP contribution >= 0.6 is 0 Å². The Hall–Kier alpha value is -2.89. The van der Waals surface area contributed by atoms with E-state index in [9.17, 15) is 9.59 Å². The Labute approximate surface area is 146 Å². The number of aromatic nitrogens is 1. The molecule has 2 aromatic rings. The molecule has 6 nitrogen and oxygen atoms in total. The first-order valence-corrected chi connectivity index (χ1v) is 8.11. The van der Waals surface area contributed by atoms with E-state index in [-0.39, 0.29) is 23.7 Å². The van der Waals surface area contributed by atoms with Crippen molar-refractivity contribution < 1.29 is 19.4 Å². The van der Waals surface area contributed by atoms with Gasteiger partial charge in [-0.25, -0.2) is 9.78 Å². The molecule has 130 valence electrons. The predicted molar refractivity (Wildman–Crippen MR) is 91.9 cm³/mol. The number of nitrogens with zero attached hydrogens (tertiary/aromatic N) is 2. The topological polar surface area (TPSA) is 79.7 Å². The molecule has 1 aliphatic heterocycles. The highest BCUT2D eigenvalue weighted by Gasteiger charge is 2.33. The molecule has 0 bridgehead atoms. The molecule has 25 heavy (non-hydrogen) atoms. The van der Waals surface area contributed by atoms with Gasteiger partial charge in [0.25, 0.3) is 5.91 Å². The molecule has 1 aromatic heterocycles. The summed E-state index contributed by atoms with van der Waals surface area (Å²) in [7, 11) is 1.64. The van der Waals surface area contributed by atoms with Gasteiger partial charge < -0.3 is 14.7 Å². The molecule has 0 radical (unpaired) electrons. The van der Waals surface area contributed by atoms with E-state index >= 15 is 0 Å². The molecule has 0 saturated heterocycles. The number of carboxylic acid groups (broad SMARTS) is 1. The maximum atomic E-state index is 13.0. The number of fused-ring (bicyclic) bond motifs is 1. The number of amides is 1. The molecule has 1 aromatic carbocycles. The summed E-state index contributed by atoms with van der Waals surface area (Å²) >= 11 is 0. The maximum absolute atomic E-state index is 13.0. The van der Waals surface area contributed by atoms with Gasteiger partial charge in [-0.15, -0.1) is 0 Å². The van der Waals surface area contributed by atoms with Crippen molar-refractivity contribution in [2.75, 3.05) is 7.11 Å². The van der Waals surface area contributed by atoms with Crippen molar-refractivity contribution in [2.45, 2.75) is 32.4 Å². The average Bonchev–Trinajstić information content (AvgIpc) is 2.61. The summed E-state index contributed by atoms with van der Waals surface area (Å²) in [6.07, 6.45) is 2.08. The SMILES string of the molecule is COc1ccc2c(c1)C[C@H](C)N(C(=O)c1ccnc(C(=O)O)c1)[C@H]2C. The number of hydrogen-bond acceptors (Lipinski definition) is 4. The van der Waals surface area contributed by atoms with Crippen LogP contribution in [0.2, 0.25) is 0 Å². The predicted octanol–water partition coefficient (Wildman–Crippen LogP) is 2.94. The van der Waals surface area contributed by atoms with E-state index < -0.39 is 5.97 Å². The van der Waals surface area contributed by atoms with Gasteiger partial charge in [0.1, 0.15) is 11.4 Å².